The van der Waals surface area contributed by atoms with Gasteiger partial charge in [-0.05, 0) is 32.1 Å². The van der Waals surface area contributed by atoms with Crippen molar-refractivity contribution in [3.63, 3.8) is 0 Å². The first-order valence-electron chi connectivity index (χ1n) is 9.71. The summed E-state index contributed by atoms with van der Waals surface area (Å²) >= 11 is 0. The maximum atomic E-state index is 10.4. The van der Waals surface area contributed by atoms with Gasteiger partial charge in [0.2, 0.25) is 0 Å². The van der Waals surface area contributed by atoms with E-state index in [-0.39, 0.29) is 6.10 Å². The topological polar surface area (TPSA) is 57.5 Å². The Morgan fingerprint density at radius 2 is 1.35 bits per heavy atom. The van der Waals surface area contributed by atoms with Crippen molar-refractivity contribution in [3.8, 4) is 0 Å². The number of hydrogen-bond acceptors (Lipinski definition) is 2. The zero-order valence-corrected chi connectivity index (χ0v) is 15.1. The van der Waals surface area contributed by atoms with Gasteiger partial charge in [-0.25, -0.2) is 0 Å². The lowest BCUT2D eigenvalue weighted by molar-refractivity contribution is -0.137. The summed E-state index contributed by atoms with van der Waals surface area (Å²) in [6.45, 7) is 2.13. The highest BCUT2D eigenvalue weighted by molar-refractivity contribution is 5.66. The number of allylic oxidation sites excluding steroid dienone is 2. The van der Waals surface area contributed by atoms with Gasteiger partial charge in [-0.15, -0.1) is 0 Å². The van der Waals surface area contributed by atoms with Crippen LogP contribution in [-0.4, -0.2) is 22.3 Å². The molecule has 3 heteroatoms. The molecule has 0 aromatic carbocycles. The molecule has 1 unspecified atom stereocenters. The van der Waals surface area contributed by atoms with Gasteiger partial charge in [-0.2, -0.15) is 0 Å². The van der Waals surface area contributed by atoms with Gasteiger partial charge in [-0.1, -0.05) is 76.9 Å². The Morgan fingerprint density at radius 3 is 1.87 bits per heavy atom. The number of rotatable bonds is 17. The van der Waals surface area contributed by atoms with Crippen LogP contribution in [-0.2, 0) is 4.79 Å². The van der Waals surface area contributed by atoms with Crippen LogP contribution < -0.4 is 0 Å². The average molecular weight is 327 g/mol. The molecule has 3 nitrogen and oxygen atoms in total. The quantitative estimate of drug-likeness (QED) is 0.260. The van der Waals surface area contributed by atoms with Gasteiger partial charge < -0.3 is 10.2 Å². The zero-order chi connectivity index (χ0) is 17.2. The van der Waals surface area contributed by atoms with E-state index in [1.165, 1.54) is 44.9 Å². The van der Waals surface area contributed by atoms with Gasteiger partial charge in [0.25, 0.3) is 0 Å². The minimum Gasteiger partial charge on any atom is -0.481 e. The van der Waals surface area contributed by atoms with Crippen molar-refractivity contribution in [2.75, 3.05) is 0 Å². The van der Waals surface area contributed by atoms with Gasteiger partial charge >= 0.3 is 5.97 Å². The number of aliphatic carboxylic acids is 1. The molecular weight excluding hydrogens is 288 g/mol. The number of unbranched alkanes of at least 4 members (excludes halogenated alkanes) is 9. The van der Waals surface area contributed by atoms with Crippen LogP contribution in [0.25, 0.3) is 0 Å². The summed E-state index contributed by atoms with van der Waals surface area (Å²) in [5, 5.41) is 18.4. The number of aliphatic hydroxyl groups excluding tert-OH is 1. The lowest BCUT2D eigenvalue weighted by atomic mass is 10.0. The van der Waals surface area contributed by atoms with Crippen LogP contribution in [0.15, 0.2) is 12.2 Å². The molecule has 0 rings (SSSR count). The molecule has 0 heterocycles. The van der Waals surface area contributed by atoms with Crippen LogP contribution in [0, 0.1) is 0 Å². The van der Waals surface area contributed by atoms with Crippen LogP contribution >= 0.6 is 0 Å². The fourth-order valence-corrected chi connectivity index (χ4v) is 2.79. The normalized spacial score (nSPS) is 12.8. The molecular formula is C20H38O3. The molecule has 0 spiro atoms. The summed E-state index contributed by atoms with van der Waals surface area (Å²) in [4.78, 5) is 10.4. The molecule has 0 radical (unpaired) electrons. The van der Waals surface area contributed by atoms with Crippen LogP contribution in [0.1, 0.15) is 103 Å². The largest absolute Gasteiger partial charge is 0.481 e. The molecule has 1 atom stereocenters. The van der Waals surface area contributed by atoms with Crippen LogP contribution in [0.2, 0.25) is 0 Å². The predicted molar refractivity (Wildman–Crippen MR) is 97.7 cm³/mol. The summed E-state index contributed by atoms with van der Waals surface area (Å²) in [6.07, 6.45) is 20.3. The van der Waals surface area contributed by atoms with E-state index in [0.717, 1.165) is 44.9 Å². The van der Waals surface area contributed by atoms with E-state index in [0.29, 0.717) is 6.42 Å². The first-order chi connectivity index (χ1) is 11.2. The third-order valence-electron chi connectivity index (χ3n) is 4.25. The smallest absolute Gasteiger partial charge is 0.303 e. The maximum absolute atomic E-state index is 10.4. The zero-order valence-electron chi connectivity index (χ0n) is 15.1. The Hall–Kier alpha value is -0.830. The third kappa shape index (κ3) is 19.1. The van der Waals surface area contributed by atoms with E-state index in [9.17, 15) is 9.90 Å². The molecule has 0 aromatic heterocycles. The van der Waals surface area contributed by atoms with Crippen LogP contribution in [0.5, 0.6) is 0 Å². The Labute approximate surface area is 143 Å². The van der Waals surface area contributed by atoms with Crippen LogP contribution in [0.4, 0.5) is 0 Å². The van der Waals surface area contributed by atoms with E-state index < -0.39 is 5.97 Å². The highest BCUT2D eigenvalue weighted by atomic mass is 16.4. The number of carbonyl (C=O) groups is 1. The molecule has 0 aliphatic carbocycles. The van der Waals surface area contributed by atoms with Gasteiger partial charge in [0.1, 0.15) is 0 Å². The first kappa shape index (κ1) is 22.2. The van der Waals surface area contributed by atoms with E-state index >= 15 is 0 Å². The second-order valence-electron chi connectivity index (χ2n) is 6.58. The lowest BCUT2D eigenvalue weighted by Crippen LogP contribution is -2.05. The molecule has 23 heavy (non-hydrogen) atoms. The molecule has 0 saturated carbocycles. The van der Waals surface area contributed by atoms with Crippen molar-refractivity contribution in [1.29, 1.82) is 0 Å². The molecule has 0 bridgehead atoms. The van der Waals surface area contributed by atoms with E-state index in [1.54, 1.807) is 0 Å². The SMILES string of the molecule is CCC=CCCC(O)CCCCCCCCCCCCC(=O)O. The van der Waals surface area contributed by atoms with Gasteiger partial charge in [0.05, 0.1) is 6.10 Å². The first-order valence-corrected chi connectivity index (χ1v) is 9.71. The van der Waals surface area contributed by atoms with E-state index in [4.69, 9.17) is 5.11 Å². The molecule has 0 fully saturated rings. The highest BCUT2D eigenvalue weighted by Gasteiger charge is 2.02. The lowest BCUT2D eigenvalue weighted by Gasteiger charge is -2.08. The molecule has 0 aliphatic heterocycles. The van der Waals surface area contributed by atoms with Crippen molar-refractivity contribution >= 4 is 5.97 Å². The molecule has 0 amide bonds. The van der Waals surface area contributed by atoms with Gasteiger partial charge in [0, 0.05) is 6.42 Å². The fraction of sp³-hybridized carbons (Fsp3) is 0.850. The Balaban J connectivity index is 3.15. The predicted octanol–water partition coefficient (Wildman–Crippen LogP) is 5.86. The fourth-order valence-electron chi connectivity index (χ4n) is 2.79. The molecule has 0 aliphatic rings. The monoisotopic (exact) mass is 326 g/mol. The Kier molecular flexibility index (Phi) is 16.9. The average Bonchev–Trinajstić information content (AvgIpc) is 2.52. The number of carboxylic acids is 1. The van der Waals surface area contributed by atoms with Crippen molar-refractivity contribution in [1.82, 2.24) is 0 Å². The summed E-state index contributed by atoms with van der Waals surface area (Å²) in [7, 11) is 0. The molecule has 2 N–H and O–H groups in total. The Morgan fingerprint density at radius 1 is 0.826 bits per heavy atom. The second-order valence-corrected chi connectivity index (χ2v) is 6.58. The summed E-state index contributed by atoms with van der Waals surface area (Å²) in [6, 6.07) is 0. The standard InChI is InChI=1S/C20H38O3/c1-2-3-4-13-16-19(21)17-14-11-9-7-5-6-8-10-12-15-18-20(22)23/h3-4,19,21H,2,5-18H2,1H3,(H,22,23). The summed E-state index contributed by atoms with van der Waals surface area (Å²) < 4.78 is 0. The maximum Gasteiger partial charge on any atom is 0.303 e. The van der Waals surface area contributed by atoms with E-state index in [2.05, 4.69) is 19.1 Å². The molecule has 136 valence electrons. The minimum absolute atomic E-state index is 0.123. The minimum atomic E-state index is -0.674. The van der Waals surface area contributed by atoms with Crippen molar-refractivity contribution in [2.45, 2.75) is 109 Å². The van der Waals surface area contributed by atoms with Crippen molar-refractivity contribution in [2.24, 2.45) is 0 Å². The Bertz CT molecular complexity index is 287. The summed E-state index contributed by atoms with van der Waals surface area (Å²) in [5.41, 5.74) is 0. The van der Waals surface area contributed by atoms with Gasteiger partial charge in [0.15, 0.2) is 0 Å². The van der Waals surface area contributed by atoms with Crippen molar-refractivity contribution in [3.05, 3.63) is 12.2 Å². The third-order valence-corrected chi connectivity index (χ3v) is 4.25. The number of aliphatic hydroxyl groups is 1. The highest BCUT2D eigenvalue weighted by Crippen LogP contribution is 2.13. The molecule has 0 aromatic rings. The number of hydrogen-bond donors (Lipinski definition) is 2. The number of carboxylic acid groups (broad SMARTS) is 1. The summed E-state index contributed by atoms with van der Waals surface area (Å²) in [5.74, 6) is -0.674. The van der Waals surface area contributed by atoms with Crippen molar-refractivity contribution < 1.29 is 15.0 Å². The van der Waals surface area contributed by atoms with Gasteiger partial charge in [-0.3, -0.25) is 4.79 Å². The molecule has 0 saturated heterocycles. The van der Waals surface area contributed by atoms with E-state index in [1.807, 2.05) is 0 Å². The second kappa shape index (κ2) is 17.5. The van der Waals surface area contributed by atoms with Crippen LogP contribution in [0.3, 0.4) is 0 Å².